The molecule has 1 aliphatic carbocycles. The highest BCUT2D eigenvalue weighted by atomic mass is 16.1. The van der Waals surface area contributed by atoms with Crippen molar-refractivity contribution in [3.05, 3.63) is 0 Å². The second-order valence-corrected chi connectivity index (χ2v) is 5.04. The predicted molar refractivity (Wildman–Crippen MR) is 60.7 cm³/mol. The van der Waals surface area contributed by atoms with Crippen LogP contribution in [-0.4, -0.2) is 11.6 Å². The van der Waals surface area contributed by atoms with Crippen LogP contribution in [0.15, 0.2) is 0 Å². The lowest BCUT2D eigenvalue weighted by Gasteiger charge is -2.20. The summed E-state index contributed by atoms with van der Waals surface area (Å²) in [4.78, 5) is 23.0. The lowest BCUT2D eigenvalue weighted by Crippen LogP contribution is -2.17. The minimum absolute atomic E-state index is 0.000283. The first-order chi connectivity index (χ1) is 7.09. The maximum atomic E-state index is 11.6. The summed E-state index contributed by atoms with van der Waals surface area (Å²) in [6.45, 7) is 3.71. The smallest absolute Gasteiger partial charge is 0.142 e. The molecule has 0 aromatic heterocycles. The maximum Gasteiger partial charge on any atom is 0.142 e. The fraction of sp³-hybridized carbons (Fsp3) is 0.846. The second-order valence-electron chi connectivity index (χ2n) is 5.04. The summed E-state index contributed by atoms with van der Waals surface area (Å²) in [6, 6.07) is 0. The largest absolute Gasteiger partial charge is 0.299 e. The van der Waals surface area contributed by atoms with Gasteiger partial charge in [0.25, 0.3) is 0 Å². The zero-order valence-electron chi connectivity index (χ0n) is 9.92. The number of ketones is 2. The molecule has 15 heavy (non-hydrogen) atoms. The molecule has 0 N–H and O–H groups in total. The van der Waals surface area contributed by atoms with Crippen molar-refractivity contribution in [1.29, 1.82) is 0 Å². The number of Topliss-reactive ketones (excluding diaryl/α,β-unsaturated/α-hetero) is 2. The molecular formula is C13H22O2. The molecule has 1 aliphatic rings. The Balaban J connectivity index is 2.25. The SMILES string of the molecule is CC(C)C(=O)CC(=O)CC1CCCCC1. The third-order valence-corrected chi connectivity index (χ3v) is 3.26. The van der Waals surface area contributed by atoms with E-state index in [9.17, 15) is 9.59 Å². The van der Waals surface area contributed by atoms with Crippen LogP contribution >= 0.6 is 0 Å². The third kappa shape index (κ3) is 4.59. The first kappa shape index (κ1) is 12.4. The zero-order valence-corrected chi connectivity index (χ0v) is 9.92. The number of carbonyl (C=O) groups is 2. The van der Waals surface area contributed by atoms with E-state index in [0.29, 0.717) is 12.3 Å². The first-order valence-corrected chi connectivity index (χ1v) is 6.14. The van der Waals surface area contributed by atoms with Gasteiger partial charge in [0, 0.05) is 12.3 Å². The van der Waals surface area contributed by atoms with Gasteiger partial charge in [-0.1, -0.05) is 46.0 Å². The molecule has 2 heteroatoms. The van der Waals surface area contributed by atoms with E-state index in [1.807, 2.05) is 13.8 Å². The third-order valence-electron chi connectivity index (χ3n) is 3.26. The lowest BCUT2D eigenvalue weighted by molar-refractivity contribution is -0.129. The summed E-state index contributed by atoms with van der Waals surface area (Å²) in [7, 11) is 0. The van der Waals surface area contributed by atoms with Crippen LogP contribution in [0, 0.1) is 11.8 Å². The fourth-order valence-corrected chi connectivity index (χ4v) is 2.18. The molecule has 0 unspecified atom stereocenters. The van der Waals surface area contributed by atoms with Gasteiger partial charge < -0.3 is 0 Å². The average Bonchev–Trinajstić information content (AvgIpc) is 2.18. The van der Waals surface area contributed by atoms with Gasteiger partial charge in [-0.05, 0) is 5.92 Å². The minimum atomic E-state index is 0.000283. The Kier molecular flexibility index (Phi) is 5.00. The van der Waals surface area contributed by atoms with Gasteiger partial charge in [-0.3, -0.25) is 9.59 Å². The molecule has 0 spiro atoms. The van der Waals surface area contributed by atoms with Gasteiger partial charge in [-0.2, -0.15) is 0 Å². The summed E-state index contributed by atoms with van der Waals surface area (Å²) < 4.78 is 0. The fourth-order valence-electron chi connectivity index (χ4n) is 2.18. The van der Waals surface area contributed by atoms with Crippen molar-refractivity contribution >= 4 is 11.6 Å². The molecule has 0 aliphatic heterocycles. The highest BCUT2D eigenvalue weighted by Gasteiger charge is 2.19. The highest BCUT2D eigenvalue weighted by molar-refractivity contribution is 5.99. The van der Waals surface area contributed by atoms with Crippen molar-refractivity contribution in [2.45, 2.75) is 58.8 Å². The molecule has 0 amide bonds. The molecule has 1 fully saturated rings. The van der Waals surface area contributed by atoms with Crippen LogP contribution in [0.3, 0.4) is 0 Å². The van der Waals surface area contributed by atoms with Crippen molar-refractivity contribution in [3.63, 3.8) is 0 Å². The van der Waals surface area contributed by atoms with E-state index in [4.69, 9.17) is 0 Å². The molecule has 0 bridgehead atoms. The Morgan fingerprint density at radius 2 is 1.73 bits per heavy atom. The average molecular weight is 210 g/mol. The Morgan fingerprint density at radius 1 is 1.13 bits per heavy atom. The standard InChI is InChI=1S/C13H22O2/c1-10(2)13(15)9-12(14)8-11-6-4-3-5-7-11/h10-11H,3-9H2,1-2H3. The molecule has 1 saturated carbocycles. The summed E-state index contributed by atoms with van der Waals surface area (Å²) in [5.41, 5.74) is 0. The van der Waals surface area contributed by atoms with E-state index in [2.05, 4.69) is 0 Å². The zero-order chi connectivity index (χ0) is 11.3. The monoisotopic (exact) mass is 210 g/mol. The maximum absolute atomic E-state index is 11.6. The molecule has 0 aromatic carbocycles. The Bertz CT molecular complexity index is 225. The van der Waals surface area contributed by atoms with Crippen LogP contribution in [0.25, 0.3) is 0 Å². The van der Waals surface area contributed by atoms with Gasteiger partial charge in [0.2, 0.25) is 0 Å². The quantitative estimate of drug-likeness (QED) is 0.653. The Labute approximate surface area is 92.4 Å². The van der Waals surface area contributed by atoms with Crippen LogP contribution < -0.4 is 0 Å². The molecule has 0 heterocycles. The van der Waals surface area contributed by atoms with Crippen molar-refractivity contribution in [2.75, 3.05) is 0 Å². The number of hydrogen-bond acceptors (Lipinski definition) is 2. The Morgan fingerprint density at radius 3 is 2.27 bits per heavy atom. The van der Waals surface area contributed by atoms with E-state index in [0.717, 1.165) is 0 Å². The number of carbonyl (C=O) groups excluding carboxylic acids is 2. The van der Waals surface area contributed by atoms with Gasteiger partial charge in [0.1, 0.15) is 11.6 Å². The van der Waals surface area contributed by atoms with Crippen LogP contribution in [0.1, 0.15) is 58.8 Å². The lowest BCUT2D eigenvalue weighted by atomic mass is 9.85. The van der Waals surface area contributed by atoms with Crippen LogP contribution in [0.5, 0.6) is 0 Å². The topological polar surface area (TPSA) is 34.1 Å². The van der Waals surface area contributed by atoms with E-state index < -0.39 is 0 Å². The molecule has 0 atom stereocenters. The first-order valence-electron chi connectivity index (χ1n) is 6.14. The van der Waals surface area contributed by atoms with Crippen LogP contribution in [0.2, 0.25) is 0 Å². The van der Waals surface area contributed by atoms with Gasteiger partial charge >= 0.3 is 0 Å². The highest BCUT2D eigenvalue weighted by Crippen LogP contribution is 2.26. The van der Waals surface area contributed by atoms with E-state index in [1.54, 1.807) is 0 Å². The summed E-state index contributed by atoms with van der Waals surface area (Å²) in [5.74, 6) is 0.808. The molecule has 0 aromatic rings. The molecule has 2 nitrogen and oxygen atoms in total. The molecule has 0 radical (unpaired) electrons. The minimum Gasteiger partial charge on any atom is -0.299 e. The van der Waals surface area contributed by atoms with Gasteiger partial charge in [-0.15, -0.1) is 0 Å². The van der Waals surface area contributed by atoms with Gasteiger partial charge in [-0.25, -0.2) is 0 Å². The van der Waals surface area contributed by atoms with E-state index in [-0.39, 0.29) is 23.9 Å². The van der Waals surface area contributed by atoms with Crippen molar-refractivity contribution < 1.29 is 9.59 Å². The van der Waals surface area contributed by atoms with Gasteiger partial charge in [0.05, 0.1) is 6.42 Å². The predicted octanol–water partition coefficient (Wildman–Crippen LogP) is 3.14. The Hall–Kier alpha value is -0.660. The summed E-state index contributed by atoms with van der Waals surface area (Å²) >= 11 is 0. The van der Waals surface area contributed by atoms with Crippen molar-refractivity contribution in [2.24, 2.45) is 11.8 Å². The molecule has 86 valence electrons. The van der Waals surface area contributed by atoms with Gasteiger partial charge in [0.15, 0.2) is 0 Å². The number of rotatable bonds is 5. The van der Waals surface area contributed by atoms with E-state index in [1.165, 1.54) is 32.1 Å². The molecular weight excluding hydrogens is 188 g/mol. The normalized spacial score (nSPS) is 18.1. The molecule has 0 saturated heterocycles. The van der Waals surface area contributed by atoms with Crippen LogP contribution in [-0.2, 0) is 9.59 Å². The van der Waals surface area contributed by atoms with Crippen molar-refractivity contribution in [3.8, 4) is 0 Å². The second kappa shape index (κ2) is 6.04. The van der Waals surface area contributed by atoms with E-state index >= 15 is 0 Å². The molecule has 1 rings (SSSR count). The summed E-state index contributed by atoms with van der Waals surface area (Å²) in [5, 5.41) is 0. The van der Waals surface area contributed by atoms with Crippen LogP contribution in [0.4, 0.5) is 0 Å². The summed E-state index contributed by atoms with van der Waals surface area (Å²) in [6.07, 6.45) is 7.00. The van der Waals surface area contributed by atoms with Crippen molar-refractivity contribution in [1.82, 2.24) is 0 Å². The number of hydrogen-bond donors (Lipinski definition) is 0.